The molecule has 1 aromatic carbocycles. The Hall–Kier alpha value is -3.37. The second-order valence-corrected chi connectivity index (χ2v) is 8.38. The zero-order valence-electron chi connectivity index (χ0n) is 18.3. The minimum atomic E-state index is -1.01. The number of primary amides is 1. The van der Waals surface area contributed by atoms with E-state index in [2.05, 4.69) is 5.32 Å². The molecule has 0 unspecified atom stereocenters. The Kier molecular flexibility index (Phi) is 5.13. The van der Waals surface area contributed by atoms with Crippen LogP contribution in [0.2, 0.25) is 0 Å². The summed E-state index contributed by atoms with van der Waals surface area (Å²) in [5.74, 6) is -0.752. The van der Waals surface area contributed by atoms with Crippen molar-refractivity contribution in [3.63, 3.8) is 0 Å². The van der Waals surface area contributed by atoms with Crippen LogP contribution in [0.25, 0.3) is 0 Å². The first-order valence-corrected chi connectivity index (χ1v) is 10.8. The van der Waals surface area contributed by atoms with E-state index in [1.54, 1.807) is 6.92 Å². The van der Waals surface area contributed by atoms with Crippen molar-refractivity contribution in [1.82, 2.24) is 10.2 Å². The summed E-state index contributed by atoms with van der Waals surface area (Å²) in [5, 5.41) is 3.32. The lowest BCUT2D eigenvalue weighted by atomic mass is 9.83. The number of rotatable bonds is 8. The Labute approximate surface area is 190 Å². The van der Waals surface area contributed by atoms with Crippen molar-refractivity contribution in [2.24, 2.45) is 11.7 Å². The molecule has 10 nitrogen and oxygen atoms in total. The monoisotopic (exact) mass is 455 g/mol. The maximum atomic E-state index is 13.6. The Morgan fingerprint density at radius 3 is 2.61 bits per heavy atom. The summed E-state index contributed by atoms with van der Waals surface area (Å²) in [5.41, 5.74) is 4.94. The molecule has 4 aliphatic rings. The Morgan fingerprint density at radius 1 is 1.18 bits per heavy atom. The average Bonchev–Trinajstić information content (AvgIpc) is 3.42. The number of nitrogens with one attached hydrogen (secondary N) is 1. The smallest absolute Gasteiger partial charge is 0.404 e. The lowest BCUT2D eigenvalue weighted by molar-refractivity contribution is -0.137. The molecule has 3 heterocycles. The van der Waals surface area contributed by atoms with Crippen LogP contribution in [0, 0.1) is 5.92 Å². The Balaban J connectivity index is 1.39. The van der Waals surface area contributed by atoms with Crippen LogP contribution in [0.15, 0.2) is 52.9 Å². The highest BCUT2D eigenvalue weighted by atomic mass is 16.6. The van der Waals surface area contributed by atoms with Crippen LogP contribution >= 0.6 is 0 Å². The quantitative estimate of drug-likeness (QED) is 0.325. The average molecular weight is 455 g/mol. The van der Waals surface area contributed by atoms with E-state index >= 15 is 0 Å². The second kappa shape index (κ2) is 7.89. The molecule has 3 aliphatic heterocycles. The highest BCUT2D eigenvalue weighted by molar-refractivity contribution is 6.25. The summed E-state index contributed by atoms with van der Waals surface area (Å²) in [7, 11) is 1.53. The molecule has 0 bridgehead atoms. The van der Waals surface area contributed by atoms with Gasteiger partial charge in [0.15, 0.2) is 11.5 Å². The fourth-order valence-electron chi connectivity index (χ4n) is 5.26. The molecule has 1 aliphatic carbocycles. The van der Waals surface area contributed by atoms with E-state index in [9.17, 15) is 14.4 Å². The van der Waals surface area contributed by atoms with E-state index < -0.39 is 23.5 Å². The Morgan fingerprint density at radius 2 is 1.91 bits per heavy atom. The first-order chi connectivity index (χ1) is 15.9. The molecular weight excluding hydrogens is 430 g/mol. The standard InChI is InChI=1S/C23H25N3O7/c1-12-18(27)17-16(19(28)20(12)32-9-8-31-13-6-4-3-5-7-13)14(11-33-22(24)29)23(30-2)21-15(25-21)10-26(17)23/h3-7,14-15,21,25H,8-11H2,1-2H3,(H2,24,29)/t14-,15+,21+,23-/m1/s1. The minimum Gasteiger partial charge on any atom is -0.490 e. The number of nitrogens with zero attached hydrogens (tertiary/aromatic N) is 1. The van der Waals surface area contributed by atoms with Gasteiger partial charge in [0.1, 0.15) is 25.6 Å². The number of amides is 1. The maximum absolute atomic E-state index is 13.6. The van der Waals surface area contributed by atoms with Crippen molar-refractivity contribution < 1.29 is 33.3 Å². The highest BCUT2D eigenvalue weighted by Gasteiger charge is 2.72. The molecule has 3 N–H and O–H groups in total. The van der Waals surface area contributed by atoms with Crippen LogP contribution < -0.4 is 15.8 Å². The number of Topliss-reactive ketones (excluding diaryl/α,β-unsaturated/α-hetero) is 2. The third-order valence-electron chi connectivity index (χ3n) is 6.71. The van der Waals surface area contributed by atoms with Crippen LogP contribution in [0.1, 0.15) is 6.92 Å². The van der Waals surface area contributed by atoms with Gasteiger partial charge < -0.3 is 34.9 Å². The van der Waals surface area contributed by atoms with Crippen molar-refractivity contribution >= 4 is 17.7 Å². The van der Waals surface area contributed by atoms with Gasteiger partial charge in [-0.2, -0.15) is 0 Å². The van der Waals surface area contributed by atoms with Crippen molar-refractivity contribution in [2.45, 2.75) is 24.7 Å². The first kappa shape index (κ1) is 21.5. The second-order valence-electron chi connectivity index (χ2n) is 8.38. The molecule has 1 amide bonds. The van der Waals surface area contributed by atoms with Crippen LogP contribution in [-0.2, 0) is 23.8 Å². The molecule has 0 saturated carbocycles. The van der Waals surface area contributed by atoms with Crippen molar-refractivity contribution in [3.8, 4) is 5.75 Å². The number of benzene rings is 1. The third kappa shape index (κ3) is 3.20. The summed E-state index contributed by atoms with van der Waals surface area (Å²) >= 11 is 0. The van der Waals surface area contributed by atoms with E-state index in [0.717, 1.165) is 0 Å². The van der Waals surface area contributed by atoms with Gasteiger partial charge in [0.2, 0.25) is 11.6 Å². The number of fused-ring (bicyclic) bond motifs is 4. The molecule has 1 aromatic rings. The molecule has 0 aromatic heterocycles. The number of ether oxygens (including phenoxy) is 4. The maximum Gasteiger partial charge on any atom is 0.404 e. The fourth-order valence-corrected chi connectivity index (χ4v) is 5.26. The van der Waals surface area contributed by atoms with Crippen molar-refractivity contribution in [3.05, 3.63) is 52.9 Å². The number of piperazine rings is 1. The first-order valence-electron chi connectivity index (χ1n) is 10.8. The predicted octanol–water partition coefficient (Wildman–Crippen LogP) is 0.486. The molecule has 33 heavy (non-hydrogen) atoms. The van der Waals surface area contributed by atoms with Gasteiger partial charge in [0.25, 0.3) is 0 Å². The summed E-state index contributed by atoms with van der Waals surface area (Å²) in [6.45, 7) is 2.18. The van der Waals surface area contributed by atoms with Crippen LogP contribution in [0.5, 0.6) is 5.75 Å². The zero-order valence-corrected chi connectivity index (χ0v) is 18.3. The Bertz CT molecular complexity index is 1080. The molecule has 0 radical (unpaired) electrons. The molecule has 2 saturated heterocycles. The van der Waals surface area contributed by atoms with Gasteiger partial charge in [-0.15, -0.1) is 0 Å². The fraction of sp³-hybridized carbons (Fsp3) is 0.435. The van der Waals surface area contributed by atoms with E-state index in [1.165, 1.54) is 7.11 Å². The van der Waals surface area contributed by atoms with Gasteiger partial charge in [-0.05, 0) is 19.1 Å². The summed E-state index contributed by atoms with van der Waals surface area (Å²) in [4.78, 5) is 40.2. The minimum absolute atomic E-state index is 0.0211. The van der Waals surface area contributed by atoms with E-state index in [4.69, 9.17) is 24.7 Å². The van der Waals surface area contributed by atoms with Gasteiger partial charge in [-0.3, -0.25) is 9.59 Å². The molecule has 10 heteroatoms. The molecule has 0 spiro atoms. The van der Waals surface area contributed by atoms with Gasteiger partial charge in [-0.1, -0.05) is 18.2 Å². The van der Waals surface area contributed by atoms with E-state index in [-0.39, 0.29) is 54.6 Å². The van der Waals surface area contributed by atoms with Crippen molar-refractivity contribution in [2.75, 3.05) is 33.5 Å². The van der Waals surface area contributed by atoms with E-state index in [1.807, 2.05) is 35.2 Å². The number of carbonyl (C=O) groups excluding carboxylic acids is 3. The number of allylic oxidation sites excluding steroid dienone is 2. The lowest BCUT2D eigenvalue weighted by Crippen LogP contribution is -2.55. The number of nitrogens with two attached hydrogens (primary N) is 1. The van der Waals surface area contributed by atoms with Crippen LogP contribution in [0.4, 0.5) is 4.79 Å². The largest absolute Gasteiger partial charge is 0.490 e. The van der Waals surface area contributed by atoms with Gasteiger partial charge in [-0.25, -0.2) is 4.79 Å². The SMILES string of the molecule is CO[C@@]12[C@H](COC(N)=O)C3=C(C(=O)C(C)=C(OCCOc4ccccc4)C3=O)N1C[C@@H]1N[C@@H]12. The molecular formula is C23H25N3O7. The number of hydrogen-bond donors (Lipinski definition) is 2. The number of hydrogen-bond acceptors (Lipinski definition) is 9. The summed E-state index contributed by atoms with van der Waals surface area (Å²) < 4.78 is 22.4. The number of para-hydroxylation sites is 1. The summed E-state index contributed by atoms with van der Waals surface area (Å²) in [6, 6.07) is 9.25. The van der Waals surface area contributed by atoms with E-state index in [0.29, 0.717) is 18.0 Å². The molecule has 2 fully saturated rings. The summed E-state index contributed by atoms with van der Waals surface area (Å²) in [6.07, 6.45) is -0.962. The highest BCUT2D eigenvalue weighted by Crippen LogP contribution is 2.55. The van der Waals surface area contributed by atoms with Gasteiger partial charge in [0, 0.05) is 30.8 Å². The van der Waals surface area contributed by atoms with Gasteiger partial charge >= 0.3 is 6.09 Å². The number of methoxy groups -OCH3 is 1. The van der Waals surface area contributed by atoms with Crippen LogP contribution in [-0.4, -0.2) is 73.8 Å². The number of carbonyl (C=O) groups is 3. The normalized spacial score (nSPS) is 29.6. The zero-order chi connectivity index (χ0) is 23.3. The van der Waals surface area contributed by atoms with Crippen molar-refractivity contribution in [1.29, 1.82) is 0 Å². The molecule has 5 rings (SSSR count). The molecule has 4 atom stereocenters. The predicted molar refractivity (Wildman–Crippen MR) is 114 cm³/mol. The topological polar surface area (TPSA) is 139 Å². The number of ketones is 2. The third-order valence-corrected chi connectivity index (χ3v) is 6.71. The molecule has 174 valence electrons. The lowest BCUT2D eigenvalue weighted by Gasteiger charge is -2.39. The van der Waals surface area contributed by atoms with Gasteiger partial charge in [0.05, 0.1) is 17.7 Å². The van der Waals surface area contributed by atoms with Crippen LogP contribution in [0.3, 0.4) is 0 Å².